The number of carbonyl (C=O) groups excluding carboxylic acids is 1. The molecule has 0 spiro atoms. The predicted octanol–water partition coefficient (Wildman–Crippen LogP) is 3.56. The third-order valence-electron chi connectivity index (χ3n) is 8.07. The van der Waals surface area contributed by atoms with Gasteiger partial charge in [0.25, 0.3) is 0 Å². The molecule has 2 atom stereocenters. The van der Waals surface area contributed by atoms with Crippen molar-refractivity contribution in [2.24, 2.45) is 5.92 Å². The molecule has 192 valence electrons. The summed E-state index contributed by atoms with van der Waals surface area (Å²) in [5.74, 6) is -0.609. The average molecular weight is 491 g/mol. The van der Waals surface area contributed by atoms with Gasteiger partial charge in [-0.3, -0.25) is 9.59 Å². The van der Waals surface area contributed by atoms with Crippen LogP contribution < -0.4 is 10.6 Å². The first kappa shape index (κ1) is 24.8. The zero-order valence-corrected chi connectivity index (χ0v) is 21.1. The number of nitrogens with one attached hydrogen (secondary N) is 2. The van der Waals surface area contributed by atoms with Crippen LogP contribution in [-0.4, -0.2) is 59.6 Å². The van der Waals surface area contributed by atoms with Crippen molar-refractivity contribution in [1.29, 1.82) is 0 Å². The number of benzene rings is 1. The van der Waals surface area contributed by atoms with Gasteiger partial charge in [-0.1, -0.05) is 24.3 Å². The van der Waals surface area contributed by atoms with Crippen molar-refractivity contribution in [1.82, 2.24) is 15.2 Å². The summed E-state index contributed by atoms with van der Waals surface area (Å²) in [6.07, 6.45) is 9.09. The van der Waals surface area contributed by atoms with Gasteiger partial charge in [0.15, 0.2) is 0 Å². The standard InChI is InChI=1S/C29H38N4O3/c34-28(31-18-26(29(35)36)25-12-2-7-20-6-1-11-24(20)25)22-9-4-16-33(19-22)17-5-10-23-14-13-21-8-3-15-30-27(21)32-23/h2,7,12-14,22,26H,1,3-6,8-11,15-19H2,(H,30,32)(H,31,34)(H,35,36)/t22-,26+/m1/s1. The minimum absolute atomic E-state index is 0.0130. The number of amides is 1. The minimum atomic E-state index is -0.869. The lowest BCUT2D eigenvalue weighted by molar-refractivity contribution is -0.138. The molecule has 1 aliphatic carbocycles. The molecule has 36 heavy (non-hydrogen) atoms. The van der Waals surface area contributed by atoms with Crippen molar-refractivity contribution >= 4 is 17.7 Å². The van der Waals surface area contributed by atoms with Crippen molar-refractivity contribution in [2.75, 3.05) is 38.0 Å². The summed E-state index contributed by atoms with van der Waals surface area (Å²) < 4.78 is 0. The van der Waals surface area contributed by atoms with Gasteiger partial charge in [-0.2, -0.15) is 0 Å². The van der Waals surface area contributed by atoms with E-state index < -0.39 is 11.9 Å². The molecule has 5 rings (SSSR count). The Morgan fingerprint density at radius 3 is 2.89 bits per heavy atom. The molecule has 0 radical (unpaired) electrons. The molecule has 1 amide bonds. The highest BCUT2D eigenvalue weighted by atomic mass is 16.4. The van der Waals surface area contributed by atoms with Gasteiger partial charge < -0.3 is 20.6 Å². The molecule has 7 heteroatoms. The summed E-state index contributed by atoms with van der Waals surface area (Å²) in [6.45, 7) is 3.85. The maximum absolute atomic E-state index is 13.0. The topological polar surface area (TPSA) is 94.6 Å². The van der Waals surface area contributed by atoms with Crippen LogP contribution in [0.1, 0.15) is 66.0 Å². The number of aromatic nitrogens is 1. The number of fused-ring (bicyclic) bond motifs is 2. The van der Waals surface area contributed by atoms with E-state index in [-0.39, 0.29) is 18.4 Å². The molecule has 1 aromatic heterocycles. The maximum Gasteiger partial charge on any atom is 0.312 e. The van der Waals surface area contributed by atoms with Crippen LogP contribution in [0.25, 0.3) is 0 Å². The van der Waals surface area contributed by atoms with Crippen LogP contribution in [0, 0.1) is 5.92 Å². The van der Waals surface area contributed by atoms with Crippen molar-refractivity contribution in [3.63, 3.8) is 0 Å². The van der Waals surface area contributed by atoms with E-state index in [9.17, 15) is 14.7 Å². The zero-order chi connectivity index (χ0) is 24.9. The van der Waals surface area contributed by atoms with Crippen LogP contribution in [-0.2, 0) is 35.3 Å². The van der Waals surface area contributed by atoms with E-state index in [4.69, 9.17) is 4.98 Å². The summed E-state index contributed by atoms with van der Waals surface area (Å²) >= 11 is 0. The van der Waals surface area contributed by atoms with Crippen LogP contribution >= 0.6 is 0 Å². The van der Waals surface area contributed by atoms with E-state index in [1.807, 2.05) is 12.1 Å². The third kappa shape index (κ3) is 5.72. The van der Waals surface area contributed by atoms with Gasteiger partial charge in [-0.05, 0) is 99.2 Å². The smallest absolute Gasteiger partial charge is 0.312 e. The van der Waals surface area contributed by atoms with E-state index in [1.165, 1.54) is 23.1 Å². The summed E-state index contributed by atoms with van der Waals surface area (Å²) in [5.41, 5.74) is 5.74. The molecule has 2 aromatic rings. The quantitative estimate of drug-likeness (QED) is 0.498. The number of aryl methyl sites for hydroxylation is 3. The van der Waals surface area contributed by atoms with Crippen LogP contribution in [0.15, 0.2) is 30.3 Å². The number of nitrogens with zero attached hydrogens (tertiary/aromatic N) is 2. The van der Waals surface area contributed by atoms with E-state index in [1.54, 1.807) is 0 Å². The number of rotatable bonds is 9. The molecule has 1 saturated heterocycles. The molecule has 3 aliphatic rings. The van der Waals surface area contributed by atoms with Crippen molar-refractivity contribution in [2.45, 2.75) is 63.7 Å². The molecular weight excluding hydrogens is 452 g/mol. The molecular formula is C29H38N4O3. The van der Waals surface area contributed by atoms with E-state index in [2.05, 4.69) is 33.7 Å². The highest BCUT2D eigenvalue weighted by Crippen LogP contribution is 2.30. The Labute approximate surface area is 213 Å². The number of likely N-dealkylation sites (tertiary alicyclic amines) is 1. The van der Waals surface area contributed by atoms with Gasteiger partial charge >= 0.3 is 5.97 Å². The Morgan fingerprint density at radius 1 is 1.11 bits per heavy atom. The first-order valence-electron chi connectivity index (χ1n) is 13.6. The number of carboxylic acids is 1. The Kier molecular flexibility index (Phi) is 7.85. The maximum atomic E-state index is 13.0. The number of aliphatic carboxylic acids is 1. The van der Waals surface area contributed by atoms with Crippen molar-refractivity contribution in [3.05, 3.63) is 58.3 Å². The number of hydrogen-bond acceptors (Lipinski definition) is 5. The van der Waals surface area contributed by atoms with Crippen LogP contribution in [0.2, 0.25) is 0 Å². The highest BCUT2D eigenvalue weighted by molar-refractivity contribution is 5.82. The van der Waals surface area contributed by atoms with Gasteiger partial charge in [0.2, 0.25) is 5.91 Å². The molecule has 1 aromatic carbocycles. The fourth-order valence-electron chi connectivity index (χ4n) is 6.12. The van der Waals surface area contributed by atoms with Gasteiger partial charge in [-0.25, -0.2) is 4.98 Å². The number of carboxylic acid groups (broad SMARTS) is 1. The fourth-order valence-corrected chi connectivity index (χ4v) is 6.12. The lowest BCUT2D eigenvalue weighted by atomic mass is 9.91. The SMILES string of the molecule is O=C(NC[C@H](C(=O)O)c1cccc2c1CCC2)[C@@H]1CCCN(CCCc2ccc3c(n2)NCCC3)C1. The van der Waals surface area contributed by atoms with Crippen molar-refractivity contribution < 1.29 is 14.7 Å². The highest BCUT2D eigenvalue weighted by Gasteiger charge is 2.29. The lowest BCUT2D eigenvalue weighted by Gasteiger charge is -2.32. The first-order valence-corrected chi connectivity index (χ1v) is 13.6. The number of carbonyl (C=O) groups is 2. The molecule has 3 N–H and O–H groups in total. The Hall–Kier alpha value is -2.93. The van der Waals surface area contributed by atoms with Crippen LogP contribution in [0.5, 0.6) is 0 Å². The fraction of sp³-hybridized carbons (Fsp3) is 0.552. The molecule has 1 fully saturated rings. The van der Waals surface area contributed by atoms with E-state index >= 15 is 0 Å². The third-order valence-corrected chi connectivity index (χ3v) is 8.07. The second-order valence-corrected chi connectivity index (χ2v) is 10.6. The van der Waals surface area contributed by atoms with Gasteiger partial charge in [0, 0.05) is 25.3 Å². The number of pyridine rings is 1. The van der Waals surface area contributed by atoms with Crippen LogP contribution in [0.3, 0.4) is 0 Å². The summed E-state index contributed by atoms with van der Waals surface area (Å²) in [6, 6.07) is 10.3. The van der Waals surface area contributed by atoms with Crippen LogP contribution in [0.4, 0.5) is 5.82 Å². The Bertz CT molecular complexity index is 1100. The molecule has 0 saturated carbocycles. The van der Waals surface area contributed by atoms with E-state index in [0.717, 1.165) is 94.6 Å². The summed E-state index contributed by atoms with van der Waals surface area (Å²) in [4.78, 5) is 32.3. The largest absolute Gasteiger partial charge is 0.481 e. The second kappa shape index (κ2) is 11.4. The first-order chi connectivity index (χ1) is 17.6. The molecule has 7 nitrogen and oxygen atoms in total. The number of hydrogen-bond donors (Lipinski definition) is 3. The molecule has 0 bridgehead atoms. The van der Waals surface area contributed by atoms with Gasteiger partial charge in [0.1, 0.15) is 5.82 Å². The molecule has 3 heterocycles. The van der Waals surface area contributed by atoms with Gasteiger partial charge in [-0.15, -0.1) is 0 Å². The second-order valence-electron chi connectivity index (χ2n) is 10.6. The molecule has 0 unspecified atom stereocenters. The Morgan fingerprint density at radius 2 is 2.00 bits per heavy atom. The normalized spacial score (nSPS) is 20.2. The monoisotopic (exact) mass is 490 g/mol. The lowest BCUT2D eigenvalue weighted by Crippen LogP contribution is -2.44. The number of anilines is 1. The van der Waals surface area contributed by atoms with Gasteiger partial charge in [0.05, 0.1) is 11.8 Å². The summed E-state index contributed by atoms with van der Waals surface area (Å²) in [7, 11) is 0. The van der Waals surface area contributed by atoms with E-state index in [0.29, 0.717) is 0 Å². The van der Waals surface area contributed by atoms with Crippen molar-refractivity contribution in [3.8, 4) is 0 Å². The Balaban J connectivity index is 1.11. The zero-order valence-electron chi connectivity index (χ0n) is 21.1. The minimum Gasteiger partial charge on any atom is -0.481 e. The predicted molar refractivity (Wildman–Crippen MR) is 140 cm³/mol. The number of piperidine rings is 1. The summed E-state index contributed by atoms with van der Waals surface area (Å²) in [5, 5.41) is 16.3. The molecule has 2 aliphatic heterocycles. The average Bonchev–Trinajstić information content (AvgIpc) is 3.38.